The summed E-state index contributed by atoms with van der Waals surface area (Å²) in [7, 11) is -3.73. The van der Waals surface area contributed by atoms with Crippen molar-refractivity contribution in [2.75, 3.05) is 26.3 Å². The molecule has 0 radical (unpaired) electrons. The van der Waals surface area contributed by atoms with Crippen molar-refractivity contribution in [3.05, 3.63) is 100 Å². The molecule has 0 unspecified atom stereocenters. The first-order chi connectivity index (χ1) is 17.7. The summed E-state index contributed by atoms with van der Waals surface area (Å²) in [5.74, 6) is -1.29. The number of hydrogen-bond acceptors (Lipinski definition) is 6. The average molecular weight is 527 g/mol. The number of nitrogens with two attached hydrogens (primary N) is 1. The molecule has 0 saturated carbocycles. The summed E-state index contributed by atoms with van der Waals surface area (Å²) in [5, 5.41) is 0.347. The molecule has 1 fully saturated rings. The van der Waals surface area contributed by atoms with Gasteiger partial charge in [0.15, 0.2) is 0 Å². The molecule has 11 heteroatoms. The molecule has 0 bridgehead atoms. The van der Waals surface area contributed by atoms with Gasteiger partial charge in [0, 0.05) is 19.2 Å². The molecule has 8 nitrogen and oxygen atoms in total. The largest absolute Gasteiger partial charge is 0.379 e. The fourth-order valence-electron chi connectivity index (χ4n) is 4.43. The van der Waals surface area contributed by atoms with Crippen LogP contribution in [0, 0.1) is 11.6 Å². The maximum Gasteiger partial charge on any atom is 0.266 e. The Morgan fingerprint density at radius 1 is 0.973 bits per heavy atom. The van der Waals surface area contributed by atoms with Gasteiger partial charge in [0.2, 0.25) is 10.0 Å². The number of halogens is 2. The SMILES string of the molecule is N[C@@H](Cc1cc(F)cc(F)c1)c1nc2ccccc2c(=O)n1-c1ccc(S(=O)(=O)N2CCOCC2)cc1. The van der Waals surface area contributed by atoms with Crippen molar-refractivity contribution in [1.29, 1.82) is 0 Å². The van der Waals surface area contributed by atoms with E-state index in [0.717, 1.165) is 6.07 Å². The number of ether oxygens (including phenoxy) is 1. The summed E-state index contributed by atoms with van der Waals surface area (Å²) < 4.78 is 61.5. The van der Waals surface area contributed by atoms with Crippen molar-refractivity contribution in [2.24, 2.45) is 5.73 Å². The molecule has 1 atom stereocenters. The van der Waals surface area contributed by atoms with Gasteiger partial charge in [-0.25, -0.2) is 22.2 Å². The van der Waals surface area contributed by atoms with Gasteiger partial charge >= 0.3 is 0 Å². The van der Waals surface area contributed by atoms with Gasteiger partial charge in [-0.05, 0) is 60.5 Å². The van der Waals surface area contributed by atoms with Crippen molar-refractivity contribution in [2.45, 2.75) is 17.4 Å². The molecule has 0 aliphatic carbocycles. The van der Waals surface area contributed by atoms with E-state index in [2.05, 4.69) is 4.98 Å². The quantitative estimate of drug-likeness (QED) is 0.414. The Labute approximate surface area is 212 Å². The summed E-state index contributed by atoms with van der Waals surface area (Å²) >= 11 is 0. The topological polar surface area (TPSA) is 108 Å². The minimum absolute atomic E-state index is 0.0168. The molecule has 0 amide bonds. The Morgan fingerprint density at radius 3 is 2.30 bits per heavy atom. The number of benzene rings is 3. The summed E-state index contributed by atoms with van der Waals surface area (Å²) in [6, 6.07) is 14.9. The van der Waals surface area contributed by atoms with Crippen LogP contribution < -0.4 is 11.3 Å². The third kappa shape index (κ3) is 5.03. The van der Waals surface area contributed by atoms with Crippen LogP contribution >= 0.6 is 0 Å². The maximum atomic E-state index is 13.8. The van der Waals surface area contributed by atoms with Gasteiger partial charge in [-0.15, -0.1) is 0 Å². The molecule has 192 valence electrons. The summed E-state index contributed by atoms with van der Waals surface area (Å²) in [6.45, 7) is 1.17. The van der Waals surface area contributed by atoms with Crippen molar-refractivity contribution >= 4 is 20.9 Å². The molecule has 4 aromatic rings. The van der Waals surface area contributed by atoms with Crippen molar-refractivity contribution in [3.8, 4) is 5.69 Å². The second-order valence-electron chi connectivity index (χ2n) is 8.73. The van der Waals surface area contributed by atoms with Gasteiger partial charge in [0.1, 0.15) is 17.5 Å². The number of morpholine rings is 1. The molecule has 3 aromatic carbocycles. The molecule has 1 aliphatic heterocycles. The Bertz CT molecular complexity index is 1600. The van der Waals surface area contributed by atoms with Crippen LogP contribution in [0.3, 0.4) is 0 Å². The van der Waals surface area contributed by atoms with Crippen LogP contribution in [-0.4, -0.2) is 48.6 Å². The normalized spacial score (nSPS) is 15.6. The molecule has 0 spiro atoms. The molecule has 2 heterocycles. The zero-order valence-electron chi connectivity index (χ0n) is 19.7. The third-order valence-electron chi connectivity index (χ3n) is 6.21. The van der Waals surface area contributed by atoms with E-state index >= 15 is 0 Å². The monoisotopic (exact) mass is 526 g/mol. The van der Waals surface area contributed by atoms with Crippen molar-refractivity contribution in [1.82, 2.24) is 13.9 Å². The first-order valence-corrected chi connectivity index (χ1v) is 13.1. The van der Waals surface area contributed by atoms with Gasteiger partial charge in [-0.2, -0.15) is 4.31 Å². The van der Waals surface area contributed by atoms with Crippen LogP contribution in [0.25, 0.3) is 16.6 Å². The van der Waals surface area contributed by atoms with Gasteiger partial charge in [-0.1, -0.05) is 12.1 Å². The fourth-order valence-corrected chi connectivity index (χ4v) is 5.83. The second-order valence-corrected chi connectivity index (χ2v) is 10.7. The number of para-hydroxylation sites is 1. The highest BCUT2D eigenvalue weighted by Crippen LogP contribution is 2.23. The lowest BCUT2D eigenvalue weighted by Gasteiger charge is -2.26. The van der Waals surface area contributed by atoms with Gasteiger partial charge < -0.3 is 10.5 Å². The van der Waals surface area contributed by atoms with E-state index in [4.69, 9.17) is 10.5 Å². The smallest absolute Gasteiger partial charge is 0.266 e. The predicted molar refractivity (Wildman–Crippen MR) is 134 cm³/mol. The minimum atomic E-state index is -3.73. The number of sulfonamides is 1. The molecular weight excluding hydrogens is 502 g/mol. The fraction of sp³-hybridized carbons (Fsp3) is 0.231. The third-order valence-corrected chi connectivity index (χ3v) is 8.13. The Morgan fingerprint density at radius 2 is 1.62 bits per heavy atom. The summed E-state index contributed by atoms with van der Waals surface area (Å²) in [5.41, 5.74) is 7.14. The lowest BCUT2D eigenvalue weighted by Crippen LogP contribution is -2.40. The van der Waals surface area contributed by atoms with Crippen molar-refractivity contribution in [3.63, 3.8) is 0 Å². The van der Waals surface area contributed by atoms with Crippen molar-refractivity contribution < 1.29 is 21.9 Å². The highest BCUT2D eigenvalue weighted by molar-refractivity contribution is 7.89. The Balaban J connectivity index is 1.58. The van der Waals surface area contributed by atoms with E-state index in [1.807, 2.05) is 0 Å². The molecular formula is C26H24F2N4O4S. The van der Waals surface area contributed by atoms with Crippen LogP contribution in [-0.2, 0) is 21.2 Å². The van der Waals surface area contributed by atoms with E-state index in [-0.39, 0.29) is 30.2 Å². The molecule has 37 heavy (non-hydrogen) atoms. The van der Waals surface area contributed by atoms with E-state index in [1.54, 1.807) is 24.3 Å². The van der Waals surface area contributed by atoms with Crippen LogP contribution in [0.5, 0.6) is 0 Å². The van der Waals surface area contributed by atoms with E-state index in [0.29, 0.717) is 35.4 Å². The highest BCUT2D eigenvalue weighted by atomic mass is 32.2. The zero-order valence-corrected chi connectivity index (χ0v) is 20.5. The van der Waals surface area contributed by atoms with Gasteiger partial charge in [0.25, 0.3) is 5.56 Å². The van der Waals surface area contributed by atoms with Gasteiger partial charge in [-0.3, -0.25) is 9.36 Å². The lowest BCUT2D eigenvalue weighted by molar-refractivity contribution is 0.0730. The van der Waals surface area contributed by atoms with Crippen LogP contribution in [0.1, 0.15) is 17.4 Å². The van der Waals surface area contributed by atoms with Crippen LogP contribution in [0.4, 0.5) is 8.78 Å². The van der Waals surface area contributed by atoms with E-state index in [1.165, 1.54) is 45.3 Å². The number of aromatic nitrogens is 2. The zero-order chi connectivity index (χ0) is 26.2. The maximum absolute atomic E-state index is 13.8. The average Bonchev–Trinajstić information content (AvgIpc) is 2.88. The Hall–Kier alpha value is -3.51. The Kier molecular flexibility index (Phi) is 6.86. The number of fused-ring (bicyclic) bond motifs is 1. The first-order valence-electron chi connectivity index (χ1n) is 11.6. The highest BCUT2D eigenvalue weighted by Gasteiger charge is 2.27. The van der Waals surface area contributed by atoms with Gasteiger partial charge in [0.05, 0.1) is 40.7 Å². The molecule has 1 saturated heterocycles. The number of rotatable bonds is 6. The predicted octanol–water partition coefficient (Wildman–Crippen LogP) is 2.93. The minimum Gasteiger partial charge on any atom is -0.379 e. The van der Waals surface area contributed by atoms with E-state index < -0.39 is 33.3 Å². The summed E-state index contributed by atoms with van der Waals surface area (Å²) in [6.07, 6.45) is 0.0168. The summed E-state index contributed by atoms with van der Waals surface area (Å²) in [4.78, 5) is 18.2. The van der Waals surface area contributed by atoms with Crippen LogP contribution in [0.15, 0.2) is 76.4 Å². The molecule has 2 N–H and O–H groups in total. The number of hydrogen-bond donors (Lipinski definition) is 1. The standard InChI is InChI=1S/C26H24F2N4O4S/c27-18-13-17(14-19(28)16-18)15-23(29)25-30-24-4-2-1-3-22(24)26(33)32(25)20-5-7-21(8-6-20)37(34,35)31-9-11-36-12-10-31/h1-8,13-14,16,23H,9-12,15,29H2/t23-/m0/s1. The van der Waals surface area contributed by atoms with E-state index in [9.17, 15) is 22.0 Å². The lowest BCUT2D eigenvalue weighted by atomic mass is 10.0. The second kappa shape index (κ2) is 10.1. The molecule has 5 rings (SSSR count). The molecule has 1 aliphatic rings. The first kappa shape index (κ1) is 25.2. The van der Waals surface area contributed by atoms with Crippen LogP contribution in [0.2, 0.25) is 0 Å². The number of nitrogens with zero attached hydrogens (tertiary/aromatic N) is 3. The molecule has 1 aromatic heterocycles.